The molecule has 0 atom stereocenters. The van der Waals surface area contributed by atoms with Gasteiger partial charge in [-0.1, -0.05) is 12.1 Å². The highest BCUT2D eigenvalue weighted by atomic mass is 19.1. The summed E-state index contributed by atoms with van der Waals surface area (Å²) in [6, 6.07) is 16.2. The van der Waals surface area contributed by atoms with Crippen LogP contribution in [0.4, 0.5) is 4.39 Å². The fourth-order valence-electron chi connectivity index (χ4n) is 2.66. The lowest BCUT2D eigenvalue weighted by Gasteiger charge is -2.16. The van der Waals surface area contributed by atoms with Crippen LogP contribution in [-0.4, -0.2) is 30.8 Å². The Morgan fingerprint density at radius 2 is 1.67 bits per heavy atom. The van der Waals surface area contributed by atoms with E-state index in [-0.39, 0.29) is 23.4 Å². The van der Waals surface area contributed by atoms with Crippen LogP contribution in [0, 0.1) is 5.82 Å². The van der Waals surface area contributed by atoms with E-state index in [4.69, 9.17) is 4.42 Å². The highest BCUT2D eigenvalue weighted by Crippen LogP contribution is 2.23. The second kappa shape index (κ2) is 7.86. The molecule has 1 heterocycles. The molecule has 0 aliphatic heterocycles. The third kappa shape index (κ3) is 4.23. The van der Waals surface area contributed by atoms with Crippen molar-refractivity contribution in [2.24, 2.45) is 0 Å². The smallest absolute Gasteiger partial charge is 0.289 e. The Balaban J connectivity index is 1.68. The number of halogens is 1. The normalized spacial score (nSPS) is 10.5. The second-order valence-electron chi connectivity index (χ2n) is 6.11. The molecule has 27 heavy (non-hydrogen) atoms. The molecule has 0 spiro atoms. The molecular weight excluding hydrogens is 347 g/mol. The van der Waals surface area contributed by atoms with Crippen molar-refractivity contribution < 1.29 is 18.4 Å². The minimum atomic E-state index is -0.330. The van der Waals surface area contributed by atoms with Crippen molar-refractivity contribution in [2.75, 3.05) is 14.1 Å². The maximum Gasteiger partial charge on any atom is 0.289 e. The predicted octanol–water partition coefficient (Wildman–Crippen LogP) is 3.72. The van der Waals surface area contributed by atoms with Crippen molar-refractivity contribution in [3.63, 3.8) is 0 Å². The molecule has 0 saturated heterocycles. The van der Waals surface area contributed by atoms with E-state index in [9.17, 15) is 14.0 Å². The largest absolute Gasteiger partial charge is 0.451 e. The third-order valence-electron chi connectivity index (χ3n) is 4.16. The standard InChI is InChI=1S/C21H19FN2O3/c1-23-20(25)16-5-3-14(4-6-16)13-24(2)21(26)19-12-11-18(27-19)15-7-9-17(22)10-8-15/h3-12H,13H2,1-2H3,(H,23,25). The van der Waals surface area contributed by atoms with E-state index in [2.05, 4.69) is 5.32 Å². The van der Waals surface area contributed by atoms with Crippen LogP contribution in [-0.2, 0) is 6.54 Å². The van der Waals surface area contributed by atoms with Crippen molar-refractivity contribution in [1.82, 2.24) is 10.2 Å². The Kier molecular flexibility index (Phi) is 5.35. The number of benzene rings is 2. The van der Waals surface area contributed by atoms with Gasteiger partial charge in [-0.2, -0.15) is 0 Å². The fourth-order valence-corrected chi connectivity index (χ4v) is 2.66. The molecule has 1 aromatic heterocycles. The van der Waals surface area contributed by atoms with Crippen molar-refractivity contribution >= 4 is 11.8 Å². The van der Waals surface area contributed by atoms with E-state index >= 15 is 0 Å². The number of hydrogen-bond donors (Lipinski definition) is 1. The van der Waals surface area contributed by atoms with E-state index in [0.29, 0.717) is 23.4 Å². The SMILES string of the molecule is CNC(=O)c1ccc(CN(C)C(=O)c2ccc(-c3ccc(F)cc3)o2)cc1. The maximum atomic E-state index is 13.0. The molecule has 0 bridgehead atoms. The first-order valence-electron chi connectivity index (χ1n) is 8.40. The predicted molar refractivity (Wildman–Crippen MR) is 99.7 cm³/mol. The minimum Gasteiger partial charge on any atom is -0.451 e. The van der Waals surface area contributed by atoms with Gasteiger partial charge in [-0.05, 0) is 54.1 Å². The van der Waals surface area contributed by atoms with Crippen LogP contribution in [0.15, 0.2) is 65.1 Å². The van der Waals surface area contributed by atoms with Crippen LogP contribution in [0.25, 0.3) is 11.3 Å². The van der Waals surface area contributed by atoms with E-state index in [1.807, 2.05) is 0 Å². The van der Waals surface area contributed by atoms with Crippen molar-refractivity contribution in [1.29, 1.82) is 0 Å². The average Bonchev–Trinajstić information content (AvgIpc) is 3.18. The molecule has 0 aliphatic carbocycles. The summed E-state index contributed by atoms with van der Waals surface area (Å²) in [7, 11) is 3.25. The van der Waals surface area contributed by atoms with E-state index in [1.165, 1.54) is 17.0 Å². The van der Waals surface area contributed by atoms with E-state index < -0.39 is 0 Å². The first-order valence-corrected chi connectivity index (χ1v) is 8.40. The number of carbonyl (C=O) groups excluding carboxylic acids is 2. The molecule has 138 valence electrons. The number of nitrogens with zero attached hydrogens (tertiary/aromatic N) is 1. The fraction of sp³-hybridized carbons (Fsp3) is 0.143. The van der Waals surface area contributed by atoms with Crippen molar-refractivity contribution in [3.8, 4) is 11.3 Å². The van der Waals surface area contributed by atoms with Gasteiger partial charge < -0.3 is 14.6 Å². The molecule has 3 aromatic rings. The van der Waals surface area contributed by atoms with Gasteiger partial charge in [0.1, 0.15) is 11.6 Å². The number of furan rings is 1. The lowest BCUT2D eigenvalue weighted by molar-refractivity contribution is 0.0754. The average molecular weight is 366 g/mol. The van der Waals surface area contributed by atoms with Crippen LogP contribution in [0.1, 0.15) is 26.5 Å². The van der Waals surface area contributed by atoms with Crippen LogP contribution in [0.2, 0.25) is 0 Å². The molecule has 0 radical (unpaired) electrons. The molecule has 1 N–H and O–H groups in total. The number of rotatable bonds is 5. The summed E-state index contributed by atoms with van der Waals surface area (Å²) in [5, 5.41) is 2.56. The van der Waals surface area contributed by atoms with Gasteiger partial charge in [0.25, 0.3) is 11.8 Å². The van der Waals surface area contributed by atoms with Crippen LogP contribution < -0.4 is 5.32 Å². The first kappa shape index (κ1) is 18.4. The lowest BCUT2D eigenvalue weighted by Crippen LogP contribution is -2.25. The van der Waals surface area contributed by atoms with Crippen molar-refractivity contribution in [3.05, 3.63) is 83.4 Å². The molecule has 0 fully saturated rings. The summed E-state index contributed by atoms with van der Waals surface area (Å²) in [6.45, 7) is 0.374. The van der Waals surface area contributed by atoms with Gasteiger partial charge in [-0.25, -0.2) is 4.39 Å². The van der Waals surface area contributed by atoms with Gasteiger partial charge in [0.05, 0.1) is 0 Å². The summed E-state index contributed by atoms with van der Waals surface area (Å²) < 4.78 is 18.7. The number of hydrogen-bond acceptors (Lipinski definition) is 3. The van der Waals surface area contributed by atoms with Gasteiger partial charge in [0.15, 0.2) is 5.76 Å². The molecule has 2 aromatic carbocycles. The van der Waals surface area contributed by atoms with Crippen molar-refractivity contribution in [2.45, 2.75) is 6.54 Å². The second-order valence-corrected chi connectivity index (χ2v) is 6.11. The molecule has 0 aliphatic rings. The molecule has 6 heteroatoms. The highest BCUT2D eigenvalue weighted by molar-refractivity contribution is 5.94. The zero-order chi connectivity index (χ0) is 19.4. The minimum absolute atomic E-state index is 0.158. The summed E-state index contributed by atoms with van der Waals surface area (Å²) in [5.74, 6) is -0.0436. The van der Waals surface area contributed by atoms with Crippen LogP contribution >= 0.6 is 0 Å². The van der Waals surface area contributed by atoms with Crippen LogP contribution in [0.5, 0.6) is 0 Å². The molecular formula is C21H19FN2O3. The summed E-state index contributed by atoms with van der Waals surface area (Å²) in [5.41, 5.74) is 2.15. The third-order valence-corrected chi connectivity index (χ3v) is 4.16. The van der Waals surface area contributed by atoms with Gasteiger partial charge in [-0.15, -0.1) is 0 Å². The number of carbonyl (C=O) groups is 2. The Hall–Kier alpha value is -3.41. The monoisotopic (exact) mass is 366 g/mol. The molecule has 0 unspecified atom stereocenters. The summed E-state index contributed by atoms with van der Waals surface area (Å²) >= 11 is 0. The quantitative estimate of drug-likeness (QED) is 0.749. The van der Waals surface area contributed by atoms with Crippen LogP contribution in [0.3, 0.4) is 0 Å². The van der Waals surface area contributed by atoms with Gasteiger partial charge >= 0.3 is 0 Å². The number of nitrogens with one attached hydrogen (secondary N) is 1. The topological polar surface area (TPSA) is 62.6 Å². The van der Waals surface area contributed by atoms with E-state index in [0.717, 1.165) is 5.56 Å². The maximum absolute atomic E-state index is 13.0. The molecule has 0 saturated carbocycles. The van der Waals surface area contributed by atoms with Gasteiger partial charge in [0.2, 0.25) is 0 Å². The molecule has 2 amide bonds. The summed E-state index contributed by atoms with van der Waals surface area (Å²) in [4.78, 5) is 25.7. The Bertz CT molecular complexity index is 946. The zero-order valence-corrected chi connectivity index (χ0v) is 15.0. The summed E-state index contributed by atoms with van der Waals surface area (Å²) in [6.07, 6.45) is 0. The molecule has 5 nitrogen and oxygen atoms in total. The van der Waals surface area contributed by atoms with Gasteiger partial charge in [0, 0.05) is 31.8 Å². The molecule has 3 rings (SSSR count). The number of amides is 2. The zero-order valence-electron chi connectivity index (χ0n) is 15.0. The first-order chi connectivity index (χ1) is 13.0. The Labute approximate surface area is 156 Å². The van der Waals surface area contributed by atoms with E-state index in [1.54, 1.807) is 62.6 Å². The highest BCUT2D eigenvalue weighted by Gasteiger charge is 2.17. The van der Waals surface area contributed by atoms with Gasteiger partial charge in [-0.3, -0.25) is 9.59 Å². The lowest BCUT2D eigenvalue weighted by atomic mass is 10.1. The Morgan fingerprint density at radius 3 is 2.30 bits per heavy atom. The Morgan fingerprint density at radius 1 is 1.00 bits per heavy atom.